The van der Waals surface area contributed by atoms with Crippen molar-refractivity contribution in [2.24, 2.45) is 0 Å². The Morgan fingerprint density at radius 1 is 1.35 bits per heavy atom. The summed E-state index contributed by atoms with van der Waals surface area (Å²) in [5, 5.41) is 9.20. The summed E-state index contributed by atoms with van der Waals surface area (Å²) >= 11 is 0. The Morgan fingerprint density at radius 2 is 2.00 bits per heavy atom. The van der Waals surface area contributed by atoms with Crippen molar-refractivity contribution in [3.05, 3.63) is 29.8 Å². The van der Waals surface area contributed by atoms with Crippen LogP contribution in [0.3, 0.4) is 0 Å². The molecule has 0 radical (unpaired) electrons. The van der Waals surface area contributed by atoms with Gasteiger partial charge >= 0.3 is 12.1 Å². The SMILES string of the molecule is CCCN(c1cccc(C(F)(F)F)c1)[C@H](CC)C(=O)O. The number of alkyl halides is 3. The fourth-order valence-electron chi connectivity index (χ4n) is 2.09. The van der Waals surface area contributed by atoms with E-state index in [4.69, 9.17) is 0 Å². The summed E-state index contributed by atoms with van der Waals surface area (Å²) < 4.78 is 38.2. The Bertz CT molecular complexity index is 460. The molecule has 1 aromatic carbocycles. The molecule has 0 saturated heterocycles. The van der Waals surface area contributed by atoms with Crippen molar-refractivity contribution in [3.8, 4) is 0 Å². The van der Waals surface area contributed by atoms with Crippen LogP contribution in [-0.4, -0.2) is 23.7 Å². The Hall–Kier alpha value is -1.72. The molecule has 0 aliphatic heterocycles. The minimum Gasteiger partial charge on any atom is -0.480 e. The van der Waals surface area contributed by atoms with E-state index in [2.05, 4.69) is 0 Å². The highest BCUT2D eigenvalue weighted by atomic mass is 19.4. The van der Waals surface area contributed by atoms with Crippen LogP contribution in [0.15, 0.2) is 24.3 Å². The van der Waals surface area contributed by atoms with Gasteiger partial charge in [-0.05, 0) is 31.0 Å². The Morgan fingerprint density at radius 3 is 2.45 bits per heavy atom. The lowest BCUT2D eigenvalue weighted by molar-refractivity contribution is -0.138. The van der Waals surface area contributed by atoms with Gasteiger partial charge in [0, 0.05) is 12.2 Å². The molecule has 0 heterocycles. The van der Waals surface area contributed by atoms with Crippen LogP contribution in [0, 0.1) is 0 Å². The lowest BCUT2D eigenvalue weighted by atomic mass is 10.1. The number of carboxylic acid groups (broad SMARTS) is 1. The quantitative estimate of drug-likeness (QED) is 0.866. The maximum absolute atomic E-state index is 12.7. The van der Waals surface area contributed by atoms with E-state index in [1.54, 1.807) is 6.92 Å². The average molecular weight is 289 g/mol. The Balaban J connectivity index is 3.18. The zero-order valence-corrected chi connectivity index (χ0v) is 11.4. The summed E-state index contributed by atoms with van der Waals surface area (Å²) in [6.07, 6.45) is -3.45. The maximum Gasteiger partial charge on any atom is 0.416 e. The van der Waals surface area contributed by atoms with Crippen LogP contribution in [-0.2, 0) is 11.0 Å². The molecule has 0 bridgehead atoms. The molecule has 0 aliphatic carbocycles. The van der Waals surface area contributed by atoms with Crippen LogP contribution in [0.1, 0.15) is 32.3 Å². The molecular formula is C14H18F3NO2. The highest BCUT2D eigenvalue weighted by molar-refractivity contribution is 5.78. The van der Waals surface area contributed by atoms with Crippen molar-refractivity contribution < 1.29 is 23.1 Å². The molecule has 3 nitrogen and oxygen atoms in total. The smallest absolute Gasteiger partial charge is 0.416 e. The number of aliphatic carboxylic acids is 1. The predicted molar refractivity (Wildman–Crippen MR) is 70.8 cm³/mol. The van der Waals surface area contributed by atoms with Gasteiger partial charge in [-0.25, -0.2) is 4.79 Å². The first-order chi connectivity index (χ1) is 9.31. The summed E-state index contributed by atoms with van der Waals surface area (Å²) in [5.74, 6) is -1.03. The van der Waals surface area contributed by atoms with E-state index >= 15 is 0 Å². The van der Waals surface area contributed by atoms with Gasteiger partial charge in [-0.2, -0.15) is 13.2 Å². The van der Waals surface area contributed by atoms with E-state index in [9.17, 15) is 23.1 Å². The normalized spacial score (nSPS) is 13.1. The van der Waals surface area contributed by atoms with Crippen LogP contribution >= 0.6 is 0 Å². The third kappa shape index (κ3) is 3.88. The maximum atomic E-state index is 12.7. The molecule has 1 atom stereocenters. The zero-order chi connectivity index (χ0) is 15.3. The standard InChI is InChI=1S/C14H18F3NO2/c1-3-8-18(12(4-2)13(19)20)11-7-5-6-10(9-11)14(15,16)17/h5-7,9,12H,3-4,8H2,1-2H3,(H,19,20)/t12-/m1/s1. The molecular weight excluding hydrogens is 271 g/mol. The van der Waals surface area contributed by atoms with E-state index in [0.717, 1.165) is 12.1 Å². The fraction of sp³-hybridized carbons (Fsp3) is 0.500. The van der Waals surface area contributed by atoms with E-state index < -0.39 is 23.8 Å². The molecule has 1 N–H and O–H groups in total. The van der Waals surface area contributed by atoms with Crippen molar-refractivity contribution in [2.75, 3.05) is 11.4 Å². The number of rotatable bonds is 6. The molecule has 1 aromatic rings. The lowest BCUT2D eigenvalue weighted by Crippen LogP contribution is -2.41. The van der Waals surface area contributed by atoms with Crippen LogP contribution in [0.5, 0.6) is 0 Å². The lowest BCUT2D eigenvalue weighted by Gasteiger charge is -2.30. The number of hydrogen-bond donors (Lipinski definition) is 1. The average Bonchev–Trinajstić information content (AvgIpc) is 2.37. The fourth-order valence-corrected chi connectivity index (χ4v) is 2.09. The first kappa shape index (κ1) is 16.3. The van der Waals surface area contributed by atoms with Crippen molar-refractivity contribution in [2.45, 2.75) is 38.9 Å². The minimum atomic E-state index is -4.43. The number of carbonyl (C=O) groups is 1. The van der Waals surface area contributed by atoms with E-state index in [1.807, 2.05) is 6.92 Å². The number of carboxylic acids is 1. The number of benzene rings is 1. The molecule has 1 rings (SSSR count). The number of hydrogen-bond acceptors (Lipinski definition) is 2. The molecule has 0 amide bonds. The first-order valence-electron chi connectivity index (χ1n) is 6.48. The number of halogens is 3. The zero-order valence-electron chi connectivity index (χ0n) is 11.4. The topological polar surface area (TPSA) is 40.5 Å². The second kappa shape index (κ2) is 6.63. The minimum absolute atomic E-state index is 0.288. The third-order valence-electron chi connectivity index (χ3n) is 3.02. The van der Waals surface area contributed by atoms with Crippen molar-refractivity contribution in [1.29, 1.82) is 0 Å². The van der Waals surface area contributed by atoms with E-state index in [-0.39, 0.29) is 5.69 Å². The second-order valence-corrected chi connectivity index (χ2v) is 4.50. The van der Waals surface area contributed by atoms with Gasteiger partial charge in [0.2, 0.25) is 0 Å². The number of nitrogens with zero attached hydrogens (tertiary/aromatic N) is 1. The molecule has 112 valence electrons. The van der Waals surface area contributed by atoms with Gasteiger partial charge < -0.3 is 10.0 Å². The second-order valence-electron chi connectivity index (χ2n) is 4.50. The van der Waals surface area contributed by atoms with Crippen molar-refractivity contribution >= 4 is 11.7 Å². The van der Waals surface area contributed by atoms with Gasteiger partial charge in [0.15, 0.2) is 0 Å². The largest absolute Gasteiger partial charge is 0.480 e. The molecule has 0 saturated carbocycles. The Kier molecular flexibility index (Phi) is 5.42. The van der Waals surface area contributed by atoms with Gasteiger partial charge in [0.25, 0.3) is 0 Å². The molecule has 0 aliphatic rings. The summed E-state index contributed by atoms with van der Waals surface area (Å²) in [4.78, 5) is 12.7. The molecule has 6 heteroatoms. The third-order valence-corrected chi connectivity index (χ3v) is 3.02. The van der Waals surface area contributed by atoms with Gasteiger partial charge in [0.1, 0.15) is 6.04 Å². The van der Waals surface area contributed by atoms with Gasteiger partial charge in [-0.3, -0.25) is 0 Å². The van der Waals surface area contributed by atoms with E-state index in [1.165, 1.54) is 17.0 Å². The Labute approximate surface area is 116 Å². The van der Waals surface area contributed by atoms with Crippen LogP contribution < -0.4 is 4.90 Å². The van der Waals surface area contributed by atoms with Crippen molar-refractivity contribution in [1.82, 2.24) is 0 Å². The molecule has 0 fully saturated rings. The number of anilines is 1. The van der Waals surface area contributed by atoms with Crippen LogP contribution in [0.2, 0.25) is 0 Å². The summed E-state index contributed by atoms with van der Waals surface area (Å²) in [7, 11) is 0. The summed E-state index contributed by atoms with van der Waals surface area (Å²) in [6, 6.07) is 3.97. The molecule has 20 heavy (non-hydrogen) atoms. The summed E-state index contributed by atoms with van der Waals surface area (Å²) in [5.41, 5.74) is -0.479. The van der Waals surface area contributed by atoms with Crippen LogP contribution in [0.4, 0.5) is 18.9 Å². The molecule has 0 spiro atoms. The van der Waals surface area contributed by atoms with Gasteiger partial charge in [-0.1, -0.05) is 19.9 Å². The predicted octanol–water partition coefficient (Wildman–Crippen LogP) is 3.79. The van der Waals surface area contributed by atoms with Gasteiger partial charge in [0.05, 0.1) is 5.56 Å². The monoisotopic (exact) mass is 289 g/mol. The molecule has 0 unspecified atom stereocenters. The first-order valence-corrected chi connectivity index (χ1v) is 6.48. The summed E-state index contributed by atoms with van der Waals surface area (Å²) in [6.45, 7) is 3.95. The highest BCUT2D eigenvalue weighted by Crippen LogP contribution is 2.32. The molecule has 0 aromatic heterocycles. The highest BCUT2D eigenvalue weighted by Gasteiger charge is 2.32. The van der Waals surface area contributed by atoms with Crippen LogP contribution in [0.25, 0.3) is 0 Å². The van der Waals surface area contributed by atoms with E-state index in [0.29, 0.717) is 19.4 Å². The van der Waals surface area contributed by atoms with Crippen molar-refractivity contribution in [3.63, 3.8) is 0 Å². The van der Waals surface area contributed by atoms with Gasteiger partial charge in [-0.15, -0.1) is 0 Å².